The number of phenols is 4. The predicted molar refractivity (Wildman–Crippen MR) is 201 cm³/mol. The highest BCUT2D eigenvalue weighted by molar-refractivity contribution is 6.32. The normalized spacial score (nSPS) is 11.6. The zero-order valence-electron chi connectivity index (χ0n) is 26.7. The second-order valence-corrected chi connectivity index (χ2v) is 12.4. The summed E-state index contributed by atoms with van der Waals surface area (Å²) in [5, 5.41) is 56.7. The predicted octanol–water partition coefficient (Wildman–Crippen LogP) is 9.26. The van der Waals surface area contributed by atoms with E-state index >= 15 is 0 Å². The van der Waals surface area contributed by atoms with Gasteiger partial charge in [0.05, 0.1) is 44.0 Å². The van der Waals surface area contributed by atoms with Crippen LogP contribution in [-0.2, 0) is 0 Å². The highest BCUT2D eigenvalue weighted by Gasteiger charge is 2.25. The summed E-state index contributed by atoms with van der Waals surface area (Å²) in [6.45, 7) is 0. The first-order valence-corrected chi connectivity index (χ1v) is 16.2. The number of H-pyrrole nitrogens is 1. The number of nitrogens with one attached hydrogen (secondary N) is 3. The van der Waals surface area contributed by atoms with Crippen molar-refractivity contribution in [1.82, 2.24) is 4.98 Å². The Labute approximate surface area is 288 Å². The van der Waals surface area contributed by atoms with Gasteiger partial charge in [-0.15, -0.1) is 0 Å². The Morgan fingerprint density at radius 3 is 1.53 bits per heavy atom. The van der Waals surface area contributed by atoms with Crippen LogP contribution >= 0.6 is 0 Å². The number of amides is 2. The molecule has 0 aliphatic carbocycles. The summed E-state index contributed by atoms with van der Waals surface area (Å²) in [5.74, 6) is -1.28. The Balaban J connectivity index is 1.33. The van der Waals surface area contributed by atoms with Crippen molar-refractivity contribution in [3.63, 3.8) is 0 Å². The van der Waals surface area contributed by atoms with Crippen LogP contribution in [0.1, 0.15) is 20.7 Å². The van der Waals surface area contributed by atoms with Crippen LogP contribution in [0.25, 0.3) is 64.9 Å². The van der Waals surface area contributed by atoms with Crippen LogP contribution in [0.4, 0.5) is 11.4 Å². The molecule has 0 saturated heterocycles. The third-order valence-corrected chi connectivity index (χ3v) is 9.60. The first kappa shape index (κ1) is 29.8. The monoisotopic (exact) mass is 669 g/mol. The van der Waals surface area contributed by atoms with Crippen molar-refractivity contribution < 1.29 is 30.0 Å². The van der Waals surface area contributed by atoms with Gasteiger partial charge in [0.1, 0.15) is 23.0 Å². The fraction of sp³-hybridized carbons (Fsp3) is 0. The SMILES string of the molecule is O=C(Nc1cccc2c(O)c3c(ccc4c5cc(NC(=O)c6ccccc6)c6c(O)c7ccccc7c(O)c6c5[nH]c43)c(O)c12)c1ccccc1. The fourth-order valence-corrected chi connectivity index (χ4v) is 7.24. The maximum Gasteiger partial charge on any atom is 0.255 e. The van der Waals surface area contributed by atoms with Gasteiger partial charge in [0, 0.05) is 43.4 Å². The lowest BCUT2D eigenvalue weighted by atomic mass is 9.95. The van der Waals surface area contributed by atoms with Crippen molar-refractivity contribution in [2.24, 2.45) is 0 Å². The molecular formula is C42H27N3O6. The number of phenolic OH excluding ortho intramolecular Hbond substituents is 4. The van der Waals surface area contributed by atoms with Crippen LogP contribution in [0.15, 0.2) is 121 Å². The molecule has 9 aromatic rings. The average Bonchev–Trinajstić information content (AvgIpc) is 3.54. The smallest absolute Gasteiger partial charge is 0.255 e. The number of anilines is 2. The van der Waals surface area contributed by atoms with E-state index in [9.17, 15) is 30.0 Å². The molecular weight excluding hydrogens is 642 g/mol. The summed E-state index contributed by atoms with van der Waals surface area (Å²) < 4.78 is 0. The van der Waals surface area contributed by atoms with Gasteiger partial charge in [0.25, 0.3) is 11.8 Å². The lowest BCUT2D eigenvalue weighted by Crippen LogP contribution is -2.12. The van der Waals surface area contributed by atoms with E-state index in [1.807, 2.05) is 12.1 Å². The van der Waals surface area contributed by atoms with Crippen LogP contribution < -0.4 is 10.6 Å². The molecule has 2 amide bonds. The number of aromatic amines is 1. The molecule has 7 N–H and O–H groups in total. The maximum atomic E-state index is 13.5. The van der Waals surface area contributed by atoms with Crippen LogP contribution in [0.5, 0.6) is 23.0 Å². The van der Waals surface area contributed by atoms with Crippen LogP contribution in [-0.4, -0.2) is 37.2 Å². The number of carbonyl (C=O) groups excluding carboxylic acids is 2. The highest BCUT2D eigenvalue weighted by atomic mass is 16.3. The quantitative estimate of drug-likeness (QED) is 0.0732. The molecule has 0 atom stereocenters. The van der Waals surface area contributed by atoms with E-state index in [1.54, 1.807) is 109 Å². The largest absolute Gasteiger partial charge is 0.507 e. The van der Waals surface area contributed by atoms with Gasteiger partial charge in [-0.25, -0.2) is 0 Å². The number of aromatic hydroxyl groups is 4. The van der Waals surface area contributed by atoms with Crippen molar-refractivity contribution in [1.29, 1.82) is 0 Å². The molecule has 0 aliphatic heterocycles. The summed E-state index contributed by atoms with van der Waals surface area (Å²) in [6, 6.07) is 34.5. The van der Waals surface area contributed by atoms with Crippen LogP contribution in [0.2, 0.25) is 0 Å². The van der Waals surface area contributed by atoms with Gasteiger partial charge in [0.15, 0.2) is 0 Å². The molecule has 0 spiro atoms. The highest BCUT2D eigenvalue weighted by Crippen LogP contribution is 2.51. The van der Waals surface area contributed by atoms with Gasteiger partial charge < -0.3 is 36.0 Å². The molecule has 0 bridgehead atoms. The van der Waals surface area contributed by atoms with E-state index in [4.69, 9.17) is 0 Å². The van der Waals surface area contributed by atoms with Gasteiger partial charge in [-0.1, -0.05) is 78.9 Å². The first-order chi connectivity index (χ1) is 24.8. The minimum absolute atomic E-state index is 0.105. The standard InChI is InChI=1S/C42H27N3O6/c46-37-24-14-7-8-15-25(24)38(47)34-33(37)30(44-42(51)22-12-5-2-6-13-22)20-28-23-18-19-27-32(35(23)45-36(28)34)40(49)26-16-9-17-29(31(26)39(27)48)43-41(50)21-10-3-1-4-11-21/h1-20,45-49H,(H,43,50)(H,44,51). The number of hydrogen-bond acceptors (Lipinski definition) is 6. The first-order valence-electron chi connectivity index (χ1n) is 16.2. The topological polar surface area (TPSA) is 155 Å². The summed E-state index contributed by atoms with van der Waals surface area (Å²) in [6.07, 6.45) is 0. The third kappa shape index (κ3) is 4.42. The molecule has 9 nitrogen and oxygen atoms in total. The average molecular weight is 670 g/mol. The molecule has 0 saturated carbocycles. The van der Waals surface area contributed by atoms with E-state index in [1.165, 1.54) is 0 Å². The number of fused-ring (bicyclic) bond motifs is 9. The molecule has 1 heterocycles. The van der Waals surface area contributed by atoms with Crippen molar-refractivity contribution in [3.8, 4) is 23.0 Å². The zero-order valence-corrected chi connectivity index (χ0v) is 26.7. The Morgan fingerprint density at radius 1 is 0.412 bits per heavy atom. The minimum Gasteiger partial charge on any atom is -0.507 e. The maximum absolute atomic E-state index is 13.5. The van der Waals surface area contributed by atoms with E-state index < -0.39 is 5.91 Å². The minimum atomic E-state index is -0.405. The molecule has 1 aromatic heterocycles. The molecule has 9 heteroatoms. The fourth-order valence-electron chi connectivity index (χ4n) is 7.24. The molecule has 246 valence electrons. The number of hydrogen-bond donors (Lipinski definition) is 7. The second kappa shape index (κ2) is 11.1. The Bertz CT molecular complexity index is 2940. The van der Waals surface area contributed by atoms with Gasteiger partial charge in [-0.05, 0) is 42.5 Å². The second-order valence-electron chi connectivity index (χ2n) is 12.4. The van der Waals surface area contributed by atoms with E-state index in [0.717, 1.165) is 0 Å². The van der Waals surface area contributed by atoms with Crippen molar-refractivity contribution >= 4 is 88.1 Å². The molecule has 9 rings (SSSR count). The van der Waals surface area contributed by atoms with Gasteiger partial charge >= 0.3 is 0 Å². The van der Waals surface area contributed by atoms with Crippen LogP contribution in [0.3, 0.4) is 0 Å². The summed E-state index contributed by atoms with van der Waals surface area (Å²) in [5.41, 5.74) is 2.35. The summed E-state index contributed by atoms with van der Waals surface area (Å²) in [7, 11) is 0. The molecule has 51 heavy (non-hydrogen) atoms. The Morgan fingerprint density at radius 2 is 0.882 bits per heavy atom. The van der Waals surface area contributed by atoms with Crippen molar-refractivity contribution in [2.45, 2.75) is 0 Å². The lowest BCUT2D eigenvalue weighted by Gasteiger charge is -2.15. The molecule has 8 aromatic carbocycles. The number of rotatable bonds is 4. The van der Waals surface area contributed by atoms with Crippen molar-refractivity contribution in [2.75, 3.05) is 10.6 Å². The number of aromatic nitrogens is 1. The van der Waals surface area contributed by atoms with E-state index in [-0.39, 0.29) is 50.8 Å². The Kier molecular flexibility index (Phi) is 6.52. The summed E-state index contributed by atoms with van der Waals surface area (Å²) in [4.78, 5) is 29.9. The molecule has 0 fully saturated rings. The van der Waals surface area contributed by atoms with E-state index in [0.29, 0.717) is 65.6 Å². The van der Waals surface area contributed by atoms with Gasteiger partial charge in [-0.2, -0.15) is 0 Å². The van der Waals surface area contributed by atoms with Gasteiger partial charge in [0.2, 0.25) is 0 Å². The number of carbonyl (C=O) groups is 2. The number of benzene rings is 8. The third-order valence-electron chi connectivity index (χ3n) is 9.60. The van der Waals surface area contributed by atoms with Crippen LogP contribution in [0, 0.1) is 0 Å². The summed E-state index contributed by atoms with van der Waals surface area (Å²) >= 11 is 0. The molecule has 0 radical (unpaired) electrons. The lowest BCUT2D eigenvalue weighted by molar-refractivity contribution is 0.101. The molecule has 0 unspecified atom stereocenters. The zero-order chi connectivity index (χ0) is 35.0. The Hall–Kier alpha value is -7.26. The molecule has 0 aliphatic rings. The van der Waals surface area contributed by atoms with E-state index in [2.05, 4.69) is 15.6 Å². The van der Waals surface area contributed by atoms with Gasteiger partial charge in [-0.3, -0.25) is 9.59 Å². The van der Waals surface area contributed by atoms with Crippen molar-refractivity contribution in [3.05, 3.63) is 132 Å².